The van der Waals surface area contributed by atoms with Gasteiger partial charge in [-0.2, -0.15) is 4.31 Å². The van der Waals surface area contributed by atoms with Gasteiger partial charge in [0.1, 0.15) is 4.90 Å². The number of thioether (sulfide) groups is 1. The number of anilines is 2. The van der Waals surface area contributed by atoms with Gasteiger partial charge in [-0.15, -0.1) is 0 Å². The van der Waals surface area contributed by atoms with Gasteiger partial charge in [0.15, 0.2) is 0 Å². The third-order valence-electron chi connectivity index (χ3n) is 6.45. The van der Waals surface area contributed by atoms with E-state index in [1.54, 1.807) is 19.2 Å². The minimum atomic E-state index is -3.56. The van der Waals surface area contributed by atoms with Crippen molar-refractivity contribution in [2.75, 3.05) is 36.1 Å². The molecule has 1 aliphatic heterocycles. The molecule has 178 valence electrons. The Balaban J connectivity index is 1.28. The van der Waals surface area contributed by atoms with Gasteiger partial charge in [0.2, 0.25) is 15.9 Å². The highest BCUT2D eigenvalue weighted by atomic mass is 32.2. The Bertz CT molecular complexity index is 1030. The van der Waals surface area contributed by atoms with Crippen LogP contribution in [-0.4, -0.2) is 55.5 Å². The zero-order chi connectivity index (χ0) is 23.3. The number of amides is 1. The first-order chi connectivity index (χ1) is 15.9. The van der Waals surface area contributed by atoms with E-state index in [9.17, 15) is 13.2 Å². The average molecular weight is 489 g/mol. The highest BCUT2D eigenvalue weighted by molar-refractivity contribution is 7.99. The van der Waals surface area contributed by atoms with Crippen LogP contribution in [0.1, 0.15) is 44.9 Å². The number of hydrogen-bond donors (Lipinski definition) is 1. The van der Waals surface area contributed by atoms with Crippen LogP contribution in [0, 0.1) is 0 Å². The summed E-state index contributed by atoms with van der Waals surface area (Å²) in [6.45, 7) is 2.18. The smallest absolute Gasteiger partial charge is 0.244 e. The number of nitrogens with one attached hydrogen (secondary N) is 1. The van der Waals surface area contributed by atoms with Crippen LogP contribution in [0.2, 0.25) is 0 Å². The van der Waals surface area contributed by atoms with Gasteiger partial charge in [0.05, 0.1) is 10.8 Å². The molecule has 1 aromatic heterocycles. The molecule has 1 aromatic carbocycles. The SMILES string of the molecule is CN(C1CCCCC1)S(=O)(=O)c1ccc(SCC(=O)Nc2ccc(N3CCCC3)cc2)nc1. The number of rotatable bonds is 8. The molecule has 2 aliphatic rings. The number of hydrogen-bond acceptors (Lipinski definition) is 6. The molecule has 4 rings (SSSR count). The molecule has 2 heterocycles. The fourth-order valence-corrected chi connectivity index (χ4v) is 6.48. The summed E-state index contributed by atoms with van der Waals surface area (Å²) in [5, 5.41) is 3.53. The van der Waals surface area contributed by atoms with Gasteiger partial charge in [-0.25, -0.2) is 13.4 Å². The minimum absolute atomic E-state index is 0.0610. The quantitative estimate of drug-likeness (QED) is 0.556. The van der Waals surface area contributed by atoms with Crippen molar-refractivity contribution in [2.45, 2.75) is 60.9 Å². The van der Waals surface area contributed by atoms with E-state index in [-0.39, 0.29) is 22.6 Å². The van der Waals surface area contributed by atoms with Crippen LogP contribution >= 0.6 is 11.8 Å². The minimum Gasteiger partial charge on any atom is -0.372 e. The second-order valence-corrected chi connectivity index (χ2v) is 11.7. The van der Waals surface area contributed by atoms with E-state index in [4.69, 9.17) is 0 Å². The number of aromatic nitrogens is 1. The largest absolute Gasteiger partial charge is 0.372 e. The Morgan fingerprint density at radius 3 is 2.39 bits per heavy atom. The highest BCUT2D eigenvalue weighted by Gasteiger charge is 2.29. The monoisotopic (exact) mass is 488 g/mol. The van der Waals surface area contributed by atoms with Gasteiger partial charge in [-0.3, -0.25) is 4.79 Å². The summed E-state index contributed by atoms with van der Waals surface area (Å²) in [5.74, 6) is 0.0824. The number of carbonyl (C=O) groups excluding carboxylic acids is 1. The van der Waals surface area contributed by atoms with E-state index < -0.39 is 10.0 Å². The molecule has 9 heteroatoms. The van der Waals surface area contributed by atoms with Gasteiger partial charge in [0, 0.05) is 43.8 Å². The van der Waals surface area contributed by atoms with Crippen LogP contribution < -0.4 is 10.2 Å². The van der Waals surface area contributed by atoms with E-state index in [1.165, 1.54) is 47.2 Å². The molecule has 1 saturated carbocycles. The Kier molecular flexibility index (Phi) is 7.93. The van der Waals surface area contributed by atoms with E-state index >= 15 is 0 Å². The molecule has 0 radical (unpaired) electrons. The number of pyridine rings is 1. The first kappa shape index (κ1) is 24.0. The third-order valence-corrected chi connectivity index (χ3v) is 9.29. The van der Waals surface area contributed by atoms with Crippen LogP contribution in [0.5, 0.6) is 0 Å². The lowest BCUT2D eigenvalue weighted by Gasteiger charge is -2.30. The molecule has 1 aliphatic carbocycles. The van der Waals surface area contributed by atoms with Crippen LogP contribution in [0.3, 0.4) is 0 Å². The van der Waals surface area contributed by atoms with Gasteiger partial charge in [0.25, 0.3) is 0 Å². The Morgan fingerprint density at radius 2 is 1.76 bits per heavy atom. The molecule has 1 N–H and O–H groups in total. The molecular formula is C24H32N4O3S2. The Hall–Kier alpha value is -2.10. The summed E-state index contributed by atoms with van der Waals surface area (Å²) >= 11 is 1.29. The Labute approximate surface area is 201 Å². The van der Waals surface area contributed by atoms with Crippen molar-refractivity contribution in [3.05, 3.63) is 42.6 Å². The number of nitrogens with zero attached hydrogens (tertiary/aromatic N) is 3. The first-order valence-corrected chi connectivity index (χ1v) is 14.1. The number of benzene rings is 1. The molecule has 2 aromatic rings. The van der Waals surface area contributed by atoms with E-state index in [0.29, 0.717) is 5.03 Å². The molecule has 0 atom stereocenters. The van der Waals surface area contributed by atoms with Gasteiger partial charge >= 0.3 is 0 Å². The highest BCUT2D eigenvalue weighted by Crippen LogP contribution is 2.27. The lowest BCUT2D eigenvalue weighted by molar-refractivity contribution is -0.113. The van der Waals surface area contributed by atoms with Gasteiger partial charge < -0.3 is 10.2 Å². The lowest BCUT2D eigenvalue weighted by atomic mass is 9.96. The number of sulfonamides is 1. The fraction of sp³-hybridized carbons (Fsp3) is 0.500. The lowest BCUT2D eigenvalue weighted by Crippen LogP contribution is -2.38. The normalized spacial score (nSPS) is 17.5. The van der Waals surface area contributed by atoms with Crippen LogP contribution in [0.4, 0.5) is 11.4 Å². The molecule has 2 fully saturated rings. The fourth-order valence-electron chi connectivity index (χ4n) is 4.48. The van der Waals surface area contributed by atoms with Crippen molar-refractivity contribution >= 4 is 39.1 Å². The van der Waals surface area contributed by atoms with Gasteiger partial charge in [-0.05, 0) is 62.1 Å². The van der Waals surface area contributed by atoms with E-state index in [1.807, 2.05) is 24.3 Å². The van der Waals surface area contributed by atoms with Crippen molar-refractivity contribution in [1.29, 1.82) is 0 Å². The summed E-state index contributed by atoms with van der Waals surface area (Å²) in [6, 6.07) is 11.3. The zero-order valence-electron chi connectivity index (χ0n) is 19.1. The molecule has 7 nitrogen and oxygen atoms in total. The van der Waals surface area contributed by atoms with E-state index in [0.717, 1.165) is 44.5 Å². The average Bonchev–Trinajstić information content (AvgIpc) is 3.39. The molecular weight excluding hydrogens is 456 g/mol. The molecule has 1 saturated heterocycles. The van der Waals surface area contributed by atoms with Crippen molar-refractivity contribution in [3.63, 3.8) is 0 Å². The third kappa shape index (κ3) is 6.07. The number of carbonyl (C=O) groups is 1. The van der Waals surface area contributed by atoms with Crippen molar-refractivity contribution < 1.29 is 13.2 Å². The standard InChI is InChI=1S/C24H32N4O3S2/c1-27(20-7-3-2-4-8-20)33(30,31)22-13-14-24(25-17-22)32-18-23(29)26-19-9-11-21(12-10-19)28-15-5-6-16-28/h9-14,17,20H,2-8,15-16,18H2,1H3,(H,26,29). The zero-order valence-corrected chi connectivity index (χ0v) is 20.7. The summed E-state index contributed by atoms with van der Waals surface area (Å²) in [6.07, 6.45) is 9.00. The van der Waals surface area contributed by atoms with Crippen LogP contribution in [0.15, 0.2) is 52.5 Å². The summed E-state index contributed by atoms with van der Waals surface area (Å²) in [7, 11) is -1.90. The first-order valence-electron chi connectivity index (χ1n) is 11.7. The summed E-state index contributed by atoms with van der Waals surface area (Å²) < 4.78 is 27.4. The maximum Gasteiger partial charge on any atom is 0.244 e. The molecule has 33 heavy (non-hydrogen) atoms. The summed E-state index contributed by atoms with van der Waals surface area (Å²) in [5.41, 5.74) is 1.96. The molecule has 0 unspecified atom stereocenters. The molecule has 1 amide bonds. The van der Waals surface area contributed by atoms with Crippen LogP contribution in [-0.2, 0) is 14.8 Å². The van der Waals surface area contributed by atoms with E-state index in [2.05, 4.69) is 15.2 Å². The van der Waals surface area contributed by atoms with Crippen molar-refractivity contribution in [2.24, 2.45) is 0 Å². The molecule has 0 bridgehead atoms. The Morgan fingerprint density at radius 1 is 1.06 bits per heavy atom. The predicted octanol–water partition coefficient (Wildman–Crippen LogP) is 4.37. The van der Waals surface area contributed by atoms with Crippen molar-refractivity contribution in [1.82, 2.24) is 9.29 Å². The summed E-state index contributed by atoms with van der Waals surface area (Å²) in [4.78, 5) is 19.2. The maximum absolute atomic E-state index is 12.9. The van der Waals surface area contributed by atoms with Gasteiger partial charge in [-0.1, -0.05) is 31.0 Å². The maximum atomic E-state index is 12.9. The second kappa shape index (κ2) is 10.9. The molecule has 0 spiro atoms. The van der Waals surface area contributed by atoms with Crippen LogP contribution in [0.25, 0.3) is 0 Å². The predicted molar refractivity (Wildman–Crippen MR) is 133 cm³/mol. The topological polar surface area (TPSA) is 82.6 Å². The second-order valence-electron chi connectivity index (χ2n) is 8.72. The van der Waals surface area contributed by atoms with Crippen molar-refractivity contribution in [3.8, 4) is 0 Å².